The third-order valence-electron chi connectivity index (χ3n) is 4.61. The van der Waals surface area contributed by atoms with Gasteiger partial charge in [0.15, 0.2) is 0 Å². The molecular weight excluding hydrogens is 360 g/mol. The minimum Gasteiger partial charge on any atom is -0.460 e. The monoisotopic (exact) mass is 383 g/mol. The summed E-state index contributed by atoms with van der Waals surface area (Å²) in [6.07, 6.45) is 0. The van der Waals surface area contributed by atoms with E-state index in [0.29, 0.717) is 16.8 Å². The standard InChI is InChI=1S/C21H23N2O5/c1-13(20(25)28-21(2,3)4)14-8-10-15(11-9-14)22-12-17-16(19(22)24)6-5-7-18(17)23(26)27/h5-11,13H,12H2,1-4H3,(H,26,27)/q+1. The summed E-state index contributed by atoms with van der Waals surface area (Å²) < 4.78 is 5.42. The predicted octanol–water partition coefficient (Wildman–Crippen LogP) is 4.09. The van der Waals surface area contributed by atoms with Crippen molar-refractivity contribution in [2.24, 2.45) is 0 Å². The molecule has 1 aliphatic heterocycles. The van der Waals surface area contributed by atoms with Gasteiger partial charge in [0.2, 0.25) is 0 Å². The summed E-state index contributed by atoms with van der Waals surface area (Å²) in [7, 11) is 0. The number of esters is 1. The zero-order valence-corrected chi connectivity index (χ0v) is 16.3. The first kappa shape index (κ1) is 19.5. The van der Waals surface area contributed by atoms with E-state index in [-0.39, 0.29) is 29.0 Å². The highest BCUT2D eigenvalue weighted by molar-refractivity contribution is 6.10. The Hall–Kier alpha value is -3.22. The SMILES string of the molecule is CC(C(=O)OC(C)(C)C)c1ccc(N2Cc3c(cccc3[N+](=O)O)C2=O)cc1. The maximum Gasteiger partial charge on any atom is 0.322 e. The van der Waals surface area contributed by atoms with Gasteiger partial charge in [0.25, 0.3) is 10.8 Å². The second-order valence-corrected chi connectivity index (χ2v) is 7.81. The number of fused-ring (bicyclic) bond motifs is 1. The molecule has 1 aliphatic rings. The molecule has 1 unspecified atom stereocenters. The van der Waals surface area contributed by atoms with Crippen LogP contribution in [0, 0.1) is 4.91 Å². The van der Waals surface area contributed by atoms with Gasteiger partial charge in [0.05, 0.1) is 28.5 Å². The third kappa shape index (κ3) is 3.74. The van der Waals surface area contributed by atoms with Crippen molar-refractivity contribution < 1.29 is 24.5 Å². The first-order valence-corrected chi connectivity index (χ1v) is 9.01. The lowest BCUT2D eigenvalue weighted by molar-refractivity contribution is -0.730. The van der Waals surface area contributed by atoms with Gasteiger partial charge in [-0.25, -0.2) is 5.21 Å². The van der Waals surface area contributed by atoms with E-state index in [0.717, 1.165) is 5.56 Å². The Balaban J connectivity index is 1.81. The average molecular weight is 383 g/mol. The van der Waals surface area contributed by atoms with Crippen LogP contribution in [0.1, 0.15) is 55.1 Å². The second-order valence-electron chi connectivity index (χ2n) is 7.81. The number of nitrogens with zero attached hydrogens (tertiary/aromatic N) is 2. The summed E-state index contributed by atoms with van der Waals surface area (Å²) in [5.41, 5.74) is 1.80. The predicted molar refractivity (Wildman–Crippen MR) is 103 cm³/mol. The average Bonchev–Trinajstić information content (AvgIpc) is 2.96. The number of anilines is 1. The number of ether oxygens (including phenoxy) is 1. The largest absolute Gasteiger partial charge is 0.460 e. The van der Waals surface area contributed by atoms with Gasteiger partial charge in [-0.3, -0.25) is 9.59 Å². The van der Waals surface area contributed by atoms with E-state index >= 15 is 0 Å². The summed E-state index contributed by atoms with van der Waals surface area (Å²) in [4.78, 5) is 37.6. The van der Waals surface area contributed by atoms with Gasteiger partial charge in [0.1, 0.15) is 5.60 Å². The molecule has 0 spiro atoms. The van der Waals surface area contributed by atoms with Crippen molar-refractivity contribution in [2.45, 2.75) is 45.8 Å². The number of hydrogen-bond donors (Lipinski definition) is 1. The van der Waals surface area contributed by atoms with Crippen LogP contribution in [0.5, 0.6) is 0 Å². The van der Waals surface area contributed by atoms with Crippen LogP contribution in [0.4, 0.5) is 11.4 Å². The molecule has 0 aliphatic carbocycles. The molecule has 2 aromatic rings. The Morgan fingerprint density at radius 2 is 1.82 bits per heavy atom. The Bertz CT molecular complexity index is 944. The van der Waals surface area contributed by atoms with Gasteiger partial charge in [-0.15, -0.1) is 0 Å². The molecule has 28 heavy (non-hydrogen) atoms. The molecule has 0 fully saturated rings. The van der Waals surface area contributed by atoms with Gasteiger partial charge in [-0.05, 0) is 51.5 Å². The Morgan fingerprint density at radius 1 is 1.18 bits per heavy atom. The topological polar surface area (TPSA) is 86.9 Å². The first-order valence-electron chi connectivity index (χ1n) is 9.01. The van der Waals surface area contributed by atoms with E-state index < -0.39 is 11.5 Å². The van der Waals surface area contributed by atoms with Crippen molar-refractivity contribution in [3.8, 4) is 0 Å². The Kier molecular flexibility index (Phi) is 4.93. The highest BCUT2D eigenvalue weighted by Gasteiger charge is 2.35. The van der Waals surface area contributed by atoms with E-state index in [1.165, 1.54) is 11.0 Å². The van der Waals surface area contributed by atoms with E-state index in [2.05, 4.69) is 0 Å². The fourth-order valence-corrected chi connectivity index (χ4v) is 3.17. The molecule has 1 heterocycles. The highest BCUT2D eigenvalue weighted by atomic mass is 16.6. The summed E-state index contributed by atoms with van der Waals surface area (Å²) in [6, 6.07) is 11.7. The molecule has 0 saturated carbocycles. The van der Waals surface area contributed by atoms with E-state index in [1.807, 2.05) is 20.8 Å². The van der Waals surface area contributed by atoms with Crippen LogP contribution in [0.25, 0.3) is 0 Å². The molecule has 1 atom stereocenters. The molecule has 2 aromatic carbocycles. The molecule has 1 amide bonds. The lowest BCUT2D eigenvalue weighted by Crippen LogP contribution is -2.27. The van der Waals surface area contributed by atoms with Crippen molar-refractivity contribution in [1.29, 1.82) is 0 Å². The van der Waals surface area contributed by atoms with Crippen LogP contribution >= 0.6 is 0 Å². The third-order valence-corrected chi connectivity index (χ3v) is 4.61. The molecular formula is C21H23N2O5+. The molecule has 3 rings (SSSR count). The molecule has 0 radical (unpaired) electrons. The fourth-order valence-electron chi connectivity index (χ4n) is 3.17. The van der Waals surface area contributed by atoms with Gasteiger partial charge in [-0.2, -0.15) is 0 Å². The molecule has 7 heteroatoms. The number of benzene rings is 2. The van der Waals surface area contributed by atoms with Crippen LogP contribution in [0.15, 0.2) is 42.5 Å². The van der Waals surface area contributed by atoms with Gasteiger partial charge >= 0.3 is 11.7 Å². The number of amides is 1. The summed E-state index contributed by atoms with van der Waals surface area (Å²) in [5, 5.41) is 9.27. The molecule has 0 aromatic heterocycles. The van der Waals surface area contributed by atoms with Crippen LogP contribution < -0.4 is 4.90 Å². The Morgan fingerprint density at radius 3 is 2.39 bits per heavy atom. The minimum atomic E-state index is -0.557. The van der Waals surface area contributed by atoms with Crippen molar-refractivity contribution in [1.82, 2.24) is 0 Å². The number of hydrogen-bond acceptors (Lipinski definition) is 4. The summed E-state index contributed by atoms with van der Waals surface area (Å²) >= 11 is 0. The van der Waals surface area contributed by atoms with Crippen molar-refractivity contribution in [3.05, 3.63) is 64.1 Å². The first-order chi connectivity index (χ1) is 13.1. The number of rotatable bonds is 4. The van der Waals surface area contributed by atoms with E-state index in [4.69, 9.17) is 4.74 Å². The maximum absolute atomic E-state index is 12.7. The summed E-state index contributed by atoms with van der Waals surface area (Å²) in [5.74, 6) is -0.991. The zero-order chi connectivity index (χ0) is 20.6. The van der Waals surface area contributed by atoms with E-state index in [1.54, 1.807) is 43.3 Å². The molecule has 0 bridgehead atoms. The molecule has 7 nitrogen and oxygen atoms in total. The van der Waals surface area contributed by atoms with Crippen molar-refractivity contribution in [2.75, 3.05) is 4.90 Å². The smallest absolute Gasteiger partial charge is 0.322 e. The normalized spacial score (nSPS) is 14.6. The lowest BCUT2D eigenvalue weighted by atomic mass is 10.0. The second kappa shape index (κ2) is 7.07. The van der Waals surface area contributed by atoms with Crippen molar-refractivity contribution >= 4 is 23.3 Å². The lowest BCUT2D eigenvalue weighted by Gasteiger charge is -2.23. The van der Waals surface area contributed by atoms with E-state index in [9.17, 15) is 19.7 Å². The molecule has 0 saturated heterocycles. The summed E-state index contributed by atoms with van der Waals surface area (Å²) in [6.45, 7) is 7.42. The molecule has 1 N–H and O–H groups in total. The quantitative estimate of drug-likeness (QED) is 0.635. The van der Waals surface area contributed by atoms with Gasteiger partial charge < -0.3 is 9.64 Å². The number of carbonyl (C=O) groups excluding carboxylic acids is 2. The Labute approximate surface area is 163 Å². The molecule has 146 valence electrons. The van der Waals surface area contributed by atoms with Gasteiger partial charge in [-0.1, -0.05) is 18.2 Å². The van der Waals surface area contributed by atoms with Crippen LogP contribution in [-0.2, 0) is 16.1 Å². The highest BCUT2D eigenvalue weighted by Crippen LogP contribution is 2.34. The van der Waals surface area contributed by atoms with Gasteiger partial charge in [0, 0.05) is 11.8 Å². The zero-order valence-electron chi connectivity index (χ0n) is 16.3. The minimum absolute atomic E-state index is 0.0588. The fraction of sp³-hybridized carbons (Fsp3) is 0.333. The van der Waals surface area contributed by atoms with Crippen molar-refractivity contribution in [3.63, 3.8) is 0 Å². The maximum atomic E-state index is 12.7. The van der Waals surface area contributed by atoms with Crippen LogP contribution in [0.3, 0.4) is 0 Å². The van der Waals surface area contributed by atoms with Crippen LogP contribution in [-0.4, -0.2) is 27.6 Å². The number of carbonyl (C=O) groups is 2. The van der Waals surface area contributed by atoms with Crippen LogP contribution in [0.2, 0.25) is 0 Å².